The van der Waals surface area contributed by atoms with E-state index in [0.717, 1.165) is 5.39 Å². The smallest absolute Gasteiger partial charge is 0.344 e. The van der Waals surface area contributed by atoms with Crippen LogP contribution in [0.5, 0.6) is 0 Å². The highest BCUT2D eigenvalue weighted by molar-refractivity contribution is 9.11. The van der Waals surface area contributed by atoms with E-state index < -0.39 is 11.6 Å². The summed E-state index contributed by atoms with van der Waals surface area (Å²) in [7, 11) is 0. The number of ether oxygens (including phenoxy) is 1. The number of hydrogen-bond acceptors (Lipinski definition) is 4. The number of para-hydroxylation sites is 1. The lowest BCUT2D eigenvalue weighted by Crippen LogP contribution is -2.07. The second-order valence-corrected chi connectivity index (χ2v) is 6.90. The zero-order chi connectivity index (χ0) is 18.0. The fourth-order valence-electron chi connectivity index (χ4n) is 2.40. The van der Waals surface area contributed by atoms with Crippen molar-refractivity contribution in [3.05, 3.63) is 80.0 Å². The molecule has 3 aromatic rings. The number of benzene rings is 2. The Kier molecular flexibility index (Phi) is 5.20. The summed E-state index contributed by atoms with van der Waals surface area (Å²) < 4.78 is 11.6. The van der Waals surface area contributed by atoms with Gasteiger partial charge in [0.15, 0.2) is 0 Å². The van der Waals surface area contributed by atoms with Crippen molar-refractivity contribution < 1.29 is 13.9 Å². The monoisotopic (exact) mass is 462 g/mol. The average molecular weight is 464 g/mol. The topological polar surface area (TPSA) is 56.5 Å². The Morgan fingerprint density at radius 3 is 2.52 bits per heavy atom. The van der Waals surface area contributed by atoms with Gasteiger partial charge in [-0.25, -0.2) is 9.59 Å². The molecule has 25 heavy (non-hydrogen) atoms. The molecule has 0 fully saturated rings. The van der Waals surface area contributed by atoms with Gasteiger partial charge in [-0.3, -0.25) is 0 Å². The summed E-state index contributed by atoms with van der Waals surface area (Å²) in [5.41, 5.74) is 1.42. The molecule has 0 unspecified atom stereocenters. The van der Waals surface area contributed by atoms with Gasteiger partial charge in [0.05, 0.1) is 11.1 Å². The van der Waals surface area contributed by atoms with Gasteiger partial charge in [0.2, 0.25) is 0 Å². The van der Waals surface area contributed by atoms with Crippen LogP contribution in [-0.2, 0) is 4.74 Å². The van der Waals surface area contributed by atoms with E-state index in [1.165, 1.54) is 6.08 Å². The van der Waals surface area contributed by atoms with Gasteiger partial charge in [0.1, 0.15) is 12.2 Å². The molecule has 0 N–H and O–H groups in total. The Morgan fingerprint density at radius 1 is 1.16 bits per heavy atom. The van der Waals surface area contributed by atoms with Crippen molar-refractivity contribution >= 4 is 48.8 Å². The van der Waals surface area contributed by atoms with E-state index in [4.69, 9.17) is 9.15 Å². The Bertz CT molecular complexity index is 1010. The summed E-state index contributed by atoms with van der Waals surface area (Å²) >= 11 is 6.86. The molecule has 0 bridgehead atoms. The molecular formula is C19H12Br2O4. The first kappa shape index (κ1) is 17.6. The number of rotatable bonds is 4. The highest BCUT2D eigenvalue weighted by atomic mass is 79.9. The van der Waals surface area contributed by atoms with Crippen molar-refractivity contribution in [1.82, 2.24) is 0 Å². The van der Waals surface area contributed by atoms with Crippen LogP contribution in [0.15, 0.2) is 73.3 Å². The standard InChI is InChI=1S/C19H12Br2O4/c1-2-7-24-18(22)12-9-14(20)17(15(21)10-12)13-8-11-5-3-4-6-16(11)25-19(13)23/h2-6,8-10H,1,7H2. The van der Waals surface area contributed by atoms with Gasteiger partial charge >= 0.3 is 11.6 Å². The van der Waals surface area contributed by atoms with Crippen molar-refractivity contribution in [2.75, 3.05) is 6.61 Å². The van der Waals surface area contributed by atoms with Crippen LogP contribution in [0.1, 0.15) is 10.4 Å². The number of fused-ring (bicyclic) bond motifs is 1. The second kappa shape index (κ2) is 7.37. The van der Waals surface area contributed by atoms with Gasteiger partial charge < -0.3 is 9.15 Å². The van der Waals surface area contributed by atoms with Gasteiger partial charge in [0.25, 0.3) is 0 Å². The fraction of sp³-hybridized carbons (Fsp3) is 0.0526. The van der Waals surface area contributed by atoms with Crippen LogP contribution in [0.4, 0.5) is 0 Å². The maximum absolute atomic E-state index is 12.4. The maximum atomic E-state index is 12.4. The molecule has 126 valence electrons. The Morgan fingerprint density at radius 2 is 1.84 bits per heavy atom. The number of carbonyl (C=O) groups is 1. The zero-order valence-electron chi connectivity index (χ0n) is 12.9. The van der Waals surface area contributed by atoms with E-state index in [1.807, 2.05) is 12.1 Å². The van der Waals surface area contributed by atoms with Crippen molar-refractivity contribution in [1.29, 1.82) is 0 Å². The molecule has 0 amide bonds. The molecule has 0 saturated carbocycles. The van der Waals surface area contributed by atoms with E-state index in [-0.39, 0.29) is 6.61 Å². The van der Waals surface area contributed by atoms with E-state index in [9.17, 15) is 9.59 Å². The van der Waals surface area contributed by atoms with Crippen molar-refractivity contribution in [3.8, 4) is 11.1 Å². The minimum absolute atomic E-state index is 0.129. The Balaban J connectivity index is 2.12. The summed E-state index contributed by atoms with van der Waals surface area (Å²) in [5.74, 6) is -0.474. The van der Waals surface area contributed by atoms with Gasteiger partial charge in [-0.2, -0.15) is 0 Å². The Labute approximate surface area is 160 Å². The molecule has 0 radical (unpaired) electrons. The number of esters is 1. The molecule has 1 heterocycles. The van der Waals surface area contributed by atoms with Crippen molar-refractivity contribution in [3.63, 3.8) is 0 Å². The maximum Gasteiger partial charge on any atom is 0.344 e. The quantitative estimate of drug-likeness (QED) is 0.298. The number of halogens is 2. The third-order valence-electron chi connectivity index (χ3n) is 3.52. The van der Waals surface area contributed by atoms with Crippen LogP contribution in [0.2, 0.25) is 0 Å². The van der Waals surface area contributed by atoms with Crippen LogP contribution in [0.3, 0.4) is 0 Å². The first-order valence-corrected chi connectivity index (χ1v) is 8.90. The van der Waals surface area contributed by atoms with Crippen molar-refractivity contribution in [2.45, 2.75) is 0 Å². The second-order valence-electron chi connectivity index (χ2n) is 5.19. The average Bonchev–Trinajstić information content (AvgIpc) is 2.59. The van der Waals surface area contributed by atoms with Gasteiger partial charge in [0, 0.05) is 19.9 Å². The third-order valence-corrected chi connectivity index (χ3v) is 4.77. The summed E-state index contributed by atoms with van der Waals surface area (Å²) in [4.78, 5) is 24.4. The summed E-state index contributed by atoms with van der Waals surface area (Å²) in [6.45, 7) is 3.64. The highest BCUT2D eigenvalue weighted by Gasteiger charge is 2.18. The van der Waals surface area contributed by atoms with Gasteiger partial charge in [-0.15, -0.1) is 0 Å². The van der Waals surface area contributed by atoms with E-state index in [1.54, 1.807) is 30.3 Å². The molecule has 0 aliphatic carbocycles. The van der Waals surface area contributed by atoms with Crippen LogP contribution in [0.25, 0.3) is 22.1 Å². The van der Waals surface area contributed by atoms with E-state index in [2.05, 4.69) is 38.4 Å². The first-order chi connectivity index (χ1) is 12.0. The third kappa shape index (κ3) is 3.60. The van der Waals surface area contributed by atoms with Crippen LogP contribution in [-0.4, -0.2) is 12.6 Å². The minimum Gasteiger partial charge on any atom is -0.458 e. The van der Waals surface area contributed by atoms with Crippen LogP contribution >= 0.6 is 31.9 Å². The van der Waals surface area contributed by atoms with Crippen LogP contribution < -0.4 is 5.63 Å². The number of hydrogen-bond donors (Lipinski definition) is 0. The lowest BCUT2D eigenvalue weighted by molar-refractivity contribution is 0.0549. The molecule has 3 rings (SSSR count). The largest absolute Gasteiger partial charge is 0.458 e. The van der Waals surface area contributed by atoms with Gasteiger partial charge in [-0.1, -0.05) is 62.7 Å². The SMILES string of the molecule is C=CCOC(=O)c1cc(Br)c(-c2cc3ccccc3oc2=O)c(Br)c1. The normalized spacial score (nSPS) is 10.6. The molecular weight excluding hydrogens is 452 g/mol. The van der Waals surface area contributed by atoms with E-state index >= 15 is 0 Å². The summed E-state index contributed by atoms with van der Waals surface area (Å²) in [6.07, 6.45) is 1.50. The highest BCUT2D eigenvalue weighted by Crippen LogP contribution is 2.36. The number of carbonyl (C=O) groups excluding carboxylic acids is 1. The molecule has 0 aliphatic heterocycles. The first-order valence-electron chi connectivity index (χ1n) is 7.31. The lowest BCUT2D eigenvalue weighted by Gasteiger charge is -2.10. The predicted octanol–water partition coefficient (Wildman–Crippen LogP) is 5.33. The predicted molar refractivity (Wildman–Crippen MR) is 104 cm³/mol. The molecule has 0 atom stereocenters. The van der Waals surface area contributed by atoms with Crippen molar-refractivity contribution in [2.24, 2.45) is 0 Å². The summed E-state index contributed by atoms with van der Waals surface area (Å²) in [6, 6.07) is 12.3. The molecule has 6 heteroatoms. The van der Waals surface area contributed by atoms with E-state index in [0.29, 0.717) is 31.2 Å². The zero-order valence-corrected chi connectivity index (χ0v) is 16.1. The molecule has 2 aromatic carbocycles. The van der Waals surface area contributed by atoms with Crippen LogP contribution in [0, 0.1) is 0 Å². The lowest BCUT2D eigenvalue weighted by atomic mass is 10.0. The Hall–Kier alpha value is -2.18. The molecule has 0 spiro atoms. The minimum atomic E-state index is -0.474. The fourth-order valence-corrected chi connectivity index (χ4v) is 4.02. The van der Waals surface area contributed by atoms with Gasteiger partial charge in [-0.05, 0) is 24.3 Å². The molecule has 4 nitrogen and oxygen atoms in total. The molecule has 0 aliphatic rings. The summed E-state index contributed by atoms with van der Waals surface area (Å²) in [5, 5.41) is 0.811. The molecule has 1 aromatic heterocycles. The molecule has 0 saturated heterocycles.